The van der Waals surface area contributed by atoms with Crippen LogP contribution in [0.5, 0.6) is 0 Å². The fourth-order valence-corrected chi connectivity index (χ4v) is 1.56. The summed E-state index contributed by atoms with van der Waals surface area (Å²) in [7, 11) is 0. The first-order valence-electron chi connectivity index (χ1n) is 5.35. The zero-order valence-electron chi connectivity index (χ0n) is 9.71. The Hall–Kier alpha value is -1.15. The summed E-state index contributed by atoms with van der Waals surface area (Å²) in [5.41, 5.74) is 8.61. The molecular formula is C13H19NO. The van der Waals surface area contributed by atoms with Gasteiger partial charge in [0, 0.05) is 12.0 Å². The Morgan fingerprint density at radius 2 is 2.07 bits per heavy atom. The summed E-state index contributed by atoms with van der Waals surface area (Å²) in [6.45, 7) is 6.59. The Balaban J connectivity index is 2.87. The van der Waals surface area contributed by atoms with Crippen LogP contribution >= 0.6 is 0 Å². The lowest BCUT2D eigenvalue weighted by molar-refractivity contribution is 0.0965. The summed E-state index contributed by atoms with van der Waals surface area (Å²) in [6.07, 6.45) is 0.542. The average molecular weight is 205 g/mol. The van der Waals surface area contributed by atoms with Gasteiger partial charge in [-0.3, -0.25) is 4.79 Å². The maximum Gasteiger partial charge on any atom is 0.163 e. The third-order valence-electron chi connectivity index (χ3n) is 2.84. The molecule has 1 unspecified atom stereocenters. The molecular weight excluding hydrogens is 186 g/mol. The van der Waals surface area contributed by atoms with Gasteiger partial charge in [0.15, 0.2) is 5.78 Å². The Labute approximate surface area is 91.5 Å². The summed E-state index contributed by atoms with van der Waals surface area (Å²) >= 11 is 0. The number of Topliss-reactive ketones (excluding diaryl/α,β-unsaturated/α-hetero) is 1. The van der Waals surface area contributed by atoms with E-state index >= 15 is 0 Å². The molecule has 1 atom stereocenters. The van der Waals surface area contributed by atoms with Crippen molar-refractivity contribution in [3.63, 3.8) is 0 Å². The van der Waals surface area contributed by atoms with Gasteiger partial charge in [0.2, 0.25) is 0 Å². The number of benzene rings is 1. The van der Waals surface area contributed by atoms with E-state index in [2.05, 4.69) is 0 Å². The number of carbonyl (C=O) groups excluding carboxylic acids is 1. The van der Waals surface area contributed by atoms with E-state index in [4.69, 9.17) is 5.73 Å². The molecule has 0 aliphatic rings. The van der Waals surface area contributed by atoms with E-state index in [9.17, 15) is 4.79 Å². The topological polar surface area (TPSA) is 43.1 Å². The van der Waals surface area contributed by atoms with Crippen LogP contribution in [0.15, 0.2) is 18.2 Å². The summed E-state index contributed by atoms with van der Waals surface area (Å²) in [4.78, 5) is 11.9. The van der Waals surface area contributed by atoms with Crippen molar-refractivity contribution < 1.29 is 4.79 Å². The minimum atomic E-state index is 0.203. The minimum Gasteiger partial charge on any atom is -0.330 e. The molecule has 15 heavy (non-hydrogen) atoms. The molecule has 0 heterocycles. The molecule has 1 aromatic carbocycles. The van der Waals surface area contributed by atoms with Crippen LogP contribution in [0.4, 0.5) is 0 Å². The first kappa shape index (κ1) is 11.9. The Morgan fingerprint density at radius 3 is 2.67 bits per heavy atom. The van der Waals surface area contributed by atoms with Gasteiger partial charge in [-0.15, -0.1) is 0 Å². The highest BCUT2D eigenvalue weighted by molar-refractivity contribution is 5.97. The van der Waals surface area contributed by atoms with Gasteiger partial charge >= 0.3 is 0 Å². The number of carbonyl (C=O) groups is 1. The number of hydrogen-bond acceptors (Lipinski definition) is 2. The molecule has 0 bridgehead atoms. The van der Waals surface area contributed by atoms with E-state index in [0.717, 1.165) is 11.1 Å². The minimum absolute atomic E-state index is 0.203. The summed E-state index contributed by atoms with van der Waals surface area (Å²) in [5.74, 6) is 0.464. The standard InChI is InChI=1S/C13H19NO/c1-9(8-14)7-13(15)12-6-4-5-10(2)11(12)3/h4-6,9H,7-8,14H2,1-3H3. The third-order valence-corrected chi connectivity index (χ3v) is 2.84. The number of nitrogens with two attached hydrogens (primary N) is 1. The number of rotatable bonds is 4. The molecule has 0 aromatic heterocycles. The summed E-state index contributed by atoms with van der Waals surface area (Å²) < 4.78 is 0. The predicted molar refractivity (Wildman–Crippen MR) is 63.1 cm³/mol. The second-order valence-electron chi connectivity index (χ2n) is 4.22. The van der Waals surface area contributed by atoms with Crippen molar-refractivity contribution in [2.75, 3.05) is 6.54 Å². The molecule has 0 radical (unpaired) electrons. The van der Waals surface area contributed by atoms with Gasteiger partial charge in [0.05, 0.1) is 0 Å². The largest absolute Gasteiger partial charge is 0.330 e. The van der Waals surface area contributed by atoms with Crippen LogP contribution in [0.1, 0.15) is 34.8 Å². The fraction of sp³-hybridized carbons (Fsp3) is 0.462. The van der Waals surface area contributed by atoms with Crippen molar-refractivity contribution in [3.05, 3.63) is 34.9 Å². The molecule has 2 N–H and O–H groups in total. The number of hydrogen-bond donors (Lipinski definition) is 1. The van der Waals surface area contributed by atoms with E-state index in [1.807, 2.05) is 39.0 Å². The van der Waals surface area contributed by atoms with Crippen LogP contribution in [-0.4, -0.2) is 12.3 Å². The lowest BCUT2D eigenvalue weighted by Crippen LogP contribution is -2.16. The van der Waals surface area contributed by atoms with Gasteiger partial charge < -0.3 is 5.73 Å². The molecule has 0 amide bonds. The fourth-order valence-electron chi connectivity index (χ4n) is 1.56. The van der Waals surface area contributed by atoms with Gasteiger partial charge in [-0.1, -0.05) is 25.1 Å². The number of aryl methyl sites for hydroxylation is 1. The average Bonchev–Trinajstić information content (AvgIpc) is 2.21. The highest BCUT2D eigenvalue weighted by Crippen LogP contribution is 2.16. The lowest BCUT2D eigenvalue weighted by Gasteiger charge is -2.10. The van der Waals surface area contributed by atoms with Crippen LogP contribution in [-0.2, 0) is 0 Å². The first-order valence-corrected chi connectivity index (χ1v) is 5.35. The predicted octanol–water partition coefficient (Wildman–Crippen LogP) is 2.47. The summed E-state index contributed by atoms with van der Waals surface area (Å²) in [6, 6.07) is 5.86. The second kappa shape index (κ2) is 5.08. The summed E-state index contributed by atoms with van der Waals surface area (Å²) in [5, 5.41) is 0. The van der Waals surface area contributed by atoms with Crippen LogP contribution in [0, 0.1) is 19.8 Å². The maximum atomic E-state index is 11.9. The number of ketones is 1. The van der Waals surface area contributed by atoms with E-state index in [1.165, 1.54) is 5.56 Å². The molecule has 1 rings (SSSR count). The molecule has 0 aliphatic heterocycles. The van der Waals surface area contributed by atoms with Crippen molar-refractivity contribution in [1.82, 2.24) is 0 Å². The molecule has 1 aromatic rings. The Bertz CT molecular complexity index is 358. The molecule has 0 saturated heterocycles. The highest BCUT2D eigenvalue weighted by Gasteiger charge is 2.12. The zero-order chi connectivity index (χ0) is 11.4. The van der Waals surface area contributed by atoms with E-state index in [1.54, 1.807) is 0 Å². The molecule has 2 heteroatoms. The quantitative estimate of drug-likeness (QED) is 0.767. The van der Waals surface area contributed by atoms with Crippen molar-refractivity contribution in [2.24, 2.45) is 11.7 Å². The van der Waals surface area contributed by atoms with Crippen molar-refractivity contribution in [1.29, 1.82) is 0 Å². The van der Waals surface area contributed by atoms with E-state index in [-0.39, 0.29) is 11.7 Å². The third kappa shape index (κ3) is 2.90. The maximum absolute atomic E-state index is 11.9. The molecule has 2 nitrogen and oxygen atoms in total. The van der Waals surface area contributed by atoms with Gasteiger partial charge in [0.1, 0.15) is 0 Å². The molecule has 0 aliphatic carbocycles. The Morgan fingerprint density at radius 1 is 1.40 bits per heavy atom. The molecule has 82 valence electrons. The van der Waals surface area contributed by atoms with E-state index in [0.29, 0.717) is 13.0 Å². The zero-order valence-corrected chi connectivity index (χ0v) is 9.71. The van der Waals surface area contributed by atoms with Crippen LogP contribution in [0.25, 0.3) is 0 Å². The van der Waals surface area contributed by atoms with Gasteiger partial charge in [-0.25, -0.2) is 0 Å². The van der Waals surface area contributed by atoms with E-state index < -0.39 is 0 Å². The SMILES string of the molecule is Cc1cccc(C(=O)CC(C)CN)c1C. The van der Waals surface area contributed by atoms with Gasteiger partial charge in [-0.05, 0) is 37.4 Å². The lowest BCUT2D eigenvalue weighted by atomic mass is 9.95. The van der Waals surface area contributed by atoms with Gasteiger partial charge in [-0.2, -0.15) is 0 Å². The van der Waals surface area contributed by atoms with Gasteiger partial charge in [0.25, 0.3) is 0 Å². The highest BCUT2D eigenvalue weighted by atomic mass is 16.1. The second-order valence-corrected chi connectivity index (χ2v) is 4.22. The first-order chi connectivity index (χ1) is 7.06. The Kier molecular flexibility index (Phi) is 4.04. The molecule has 0 spiro atoms. The van der Waals surface area contributed by atoms with Crippen molar-refractivity contribution >= 4 is 5.78 Å². The normalized spacial score (nSPS) is 12.5. The molecule has 0 fully saturated rings. The van der Waals surface area contributed by atoms with Crippen LogP contribution in [0.2, 0.25) is 0 Å². The smallest absolute Gasteiger partial charge is 0.163 e. The van der Waals surface area contributed by atoms with Crippen molar-refractivity contribution in [2.45, 2.75) is 27.2 Å². The monoisotopic (exact) mass is 205 g/mol. The van der Waals surface area contributed by atoms with Crippen LogP contribution in [0.3, 0.4) is 0 Å². The van der Waals surface area contributed by atoms with Crippen molar-refractivity contribution in [3.8, 4) is 0 Å². The van der Waals surface area contributed by atoms with Crippen LogP contribution < -0.4 is 5.73 Å². The molecule has 0 saturated carbocycles.